The summed E-state index contributed by atoms with van der Waals surface area (Å²) >= 11 is 0. The summed E-state index contributed by atoms with van der Waals surface area (Å²) in [5, 5.41) is 20.7. The predicted molar refractivity (Wildman–Crippen MR) is 131 cm³/mol. The van der Waals surface area contributed by atoms with Crippen molar-refractivity contribution in [1.29, 1.82) is 10.7 Å². The third kappa shape index (κ3) is 3.88. The van der Waals surface area contributed by atoms with Crippen LogP contribution in [0.5, 0.6) is 0 Å². The second-order valence-corrected chi connectivity index (χ2v) is 12.3. The van der Waals surface area contributed by atoms with Crippen molar-refractivity contribution >= 4 is 11.5 Å². The molecular weight excluding hydrogens is 406 g/mol. The topological polar surface area (TPSA) is 76.7 Å². The number of ketones is 1. The molecule has 0 aromatic heterocycles. The van der Waals surface area contributed by atoms with E-state index < -0.39 is 0 Å². The number of carbonyl (C=O) groups is 1. The summed E-state index contributed by atoms with van der Waals surface area (Å²) in [4.78, 5) is 13.5. The summed E-state index contributed by atoms with van der Waals surface area (Å²) in [6.07, 6.45) is 14.3. The lowest BCUT2D eigenvalue weighted by Gasteiger charge is -2.56. The van der Waals surface area contributed by atoms with Crippen LogP contribution in [0, 0.1) is 75.4 Å². The van der Waals surface area contributed by atoms with Gasteiger partial charge in [-0.3, -0.25) is 4.79 Å². The molecule has 4 heteroatoms. The van der Waals surface area contributed by atoms with Crippen LogP contribution in [0.25, 0.3) is 0 Å². The fraction of sp³-hybridized carbons (Fsp3) is 0.828. The van der Waals surface area contributed by atoms with E-state index in [0.29, 0.717) is 29.5 Å². The summed E-state index contributed by atoms with van der Waals surface area (Å²) in [7, 11) is 0. The SMILES string of the molecule is CCCC1C(CC)CCC2C1CCC1(C)C(C(=O)CN/C=C(/C#N)C(=N)C3CC3)C3CC3C21. The van der Waals surface area contributed by atoms with E-state index in [1.807, 2.05) is 0 Å². The van der Waals surface area contributed by atoms with Crippen LogP contribution in [0.4, 0.5) is 0 Å². The number of fused-ring (bicyclic) bond motifs is 5. The molecule has 0 bridgehead atoms. The van der Waals surface area contributed by atoms with E-state index in [-0.39, 0.29) is 17.3 Å². The highest BCUT2D eigenvalue weighted by Gasteiger charge is 2.70. The van der Waals surface area contributed by atoms with E-state index >= 15 is 0 Å². The Hall–Kier alpha value is -1.63. The van der Waals surface area contributed by atoms with Crippen molar-refractivity contribution in [1.82, 2.24) is 5.32 Å². The van der Waals surface area contributed by atoms with Gasteiger partial charge >= 0.3 is 0 Å². The fourth-order valence-electron chi connectivity index (χ4n) is 9.22. The normalized spacial score (nSPS) is 43.6. The molecule has 0 aromatic carbocycles. The average Bonchev–Trinajstić information content (AvgIpc) is 3.73. The molecule has 5 rings (SSSR count). The first kappa shape index (κ1) is 23.1. The van der Waals surface area contributed by atoms with Crippen LogP contribution in [0.15, 0.2) is 11.8 Å². The Morgan fingerprint density at radius 2 is 1.91 bits per heavy atom. The maximum Gasteiger partial charge on any atom is 0.155 e. The summed E-state index contributed by atoms with van der Waals surface area (Å²) in [5.41, 5.74) is 1.02. The molecule has 0 spiro atoms. The zero-order valence-electron chi connectivity index (χ0n) is 20.9. The summed E-state index contributed by atoms with van der Waals surface area (Å²) in [6, 6.07) is 2.15. The van der Waals surface area contributed by atoms with Gasteiger partial charge in [0.2, 0.25) is 0 Å². The molecule has 0 saturated heterocycles. The van der Waals surface area contributed by atoms with E-state index in [9.17, 15) is 10.1 Å². The van der Waals surface area contributed by atoms with Gasteiger partial charge < -0.3 is 10.7 Å². The van der Waals surface area contributed by atoms with Gasteiger partial charge in [-0.05, 0) is 91.8 Å². The van der Waals surface area contributed by atoms with Gasteiger partial charge in [0.05, 0.1) is 17.8 Å². The number of rotatable bonds is 9. The minimum atomic E-state index is 0.172. The van der Waals surface area contributed by atoms with Gasteiger partial charge in [0, 0.05) is 18.0 Å². The Bertz CT molecular complexity index is 867. The van der Waals surface area contributed by atoms with Gasteiger partial charge in [0.25, 0.3) is 0 Å². The first-order valence-electron chi connectivity index (χ1n) is 13.9. The lowest BCUT2D eigenvalue weighted by atomic mass is 9.49. The van der Waals surface area contributed by atoms with Crippen molar-refractivity contribution in [2.24, 2.45) is 58.7 Å². The number of nitrogens with one attached hydrogen (secondary N) is 2. The molecule has 2 N–H and O–H groups in total. The zero-order chi connectivity index (χ0) is 23.3. The highest BCUT2D eigenvalue weighted by Crippen LogP contribution is 2.74. The van der Waals surface area contributed by atoms with E-state index in [1.54, 1.807) is 6.20 Å². The fourth-order valence-corrected chi connectivity index (χ4v) is 9.22. The summed E-state index contributed by atoms with van der Waals surface area (Å²) in [5.74, 6) is 6.50. The van der Waals surface area contributed by atoms with Crippen LogP contribution in [0.1, 0.15) is 85.0 Å². The maximum absolute atomic E-state index is 13.5. The molecule has 5 aliphatic carbocycles. The Morgan fingerprint density at radius 3 is 2.58 bits per heavy atom. The van der Waals surface area contributed by atoms with Crippen LogP contribution in [0.3, 0.4) is 0 Å². The number of hydrogen-bond donors (Lipinski definition) is 2. The van der Waals surface area contributed by atoms with Crippen molar-refractivity contribution in [3.8, 4) is 6.07 Å². The minimum Gasteiger partial charge on any atom is -0.383 e. The lowest BCUT2D eigenvalue weighted by molar-refractivity contribution is -0.131. The van der Waals surface area contributed by atoms with Crippen LogP contribution < -0.4 is 5.32 Å². The molecule has 0 amide bonds. The molecule has 4 nitrogen and oxygen atoms in total. The smallest absolute Gasteiger partial charge is 0.155 e. The molecule has 9 atom stereocenters. The van der Waals surface area contributed by atoms with Crippen LogP contribution in [0.2, 0.25) is 0 Å². The van der Waals surface area contributed by atoms with Crippen molar-refractivity contribution < 1.29 is 4.79 Å². The van der Waals surface area contributed by atoms with Gasteiger partial charge in [-0.2, -0.15) is 5.26 Å². The number of nitrogens with zero attached hydrogens (tertiary/aromatic N) is 1. The van der Waals surface area contributed by atoms with Gasteiger partial charge in [-0.25, -0.2) is 0 Å². The molecule has 0 radical (unpaired) electrons. The van der Waals surface area contributed by atoms with Crippen LogP contribution in [-0.2, 0) is 4.79 Å². The Balaban J connectivity index is 1.28. The number of carbonyl (C=O) groups excluding carboxylic acids is 1. The first-order valence-corrected chi connectivity index (χ1v) is 13.9. The van der Waals surface area contributed by atoms with E-state index in [0.717, 1.165) is 48.3 Å². The molecule has 180 valence electrons. The molecule has 5 aliphatic rings. The molecular formula is C29H43N3O. The summed E-state index contributed by atoms with van der Waals surface area (Å²) < 4.78 is 0. The number of nitriles is 1. The lowest BCUT2D eigenvalue weighted by Crippen LogP contribution is -2.50. The first-order chi connectivity index (χ1) is 15.9. The third-order valence-corrected chi connectivity index (χ3v) is 10.7. The maximum atomic E-state index is 13.5. The molecule has 0 aliphatic heterocycles. The van der Waals surface area contributed by atoms with Crippen LogP contribution in [-0.4, -0.2) is 18.0 Å². The third-order valence-electron chi connectivity index (χ3n) is 10.7. The van der Waals surface area contributed by atoms with Crippen LogP contribution >= 0.6 is 0 Å². The van der Waals surface area contributed by atoms with E-state index in [4.69, 9.17) is 5.41 Å². The molecule has 0 aromatic rings. The second kappa shape index (κ2) is 8.86. The number of hydrogen-bond acceptors (Lipinski definition) is 4. The quantitative estimate of drug-likeness (QED) is 0.328. The van der Waals surface area contributed by atoms with Crippen molar-refractivity contribution in [2.45, 2.75) is 85.0 Å². The van der Waals surface area contributed by atoms with Crippen molar-refractivity contribution in [3.05, 3.63) is 11.8 Å². The van der Waals surface area contributed by atoms with Gasteiger partial charge in [-0.15, -0.1) is 0 Å². The van der Waals surface area contributed by atoms with E-state index in [1.165, 1.54) is 51.4 Å². The Morgan fingerprint density at radius 1 is 1.12 bits per heavy atom. The Kier molecular flexibility index (Phi) is 6.21. The van der Waals surface area contributed by atoms with Crippen molar-refractivity contribution in [3.63, 3.8) is 0 Å². The second-order valence-electron chi connectivity index (χ2n) is 12.3. The standard InChI is InChI=1S/C29H43N3O/c1-4-6-20-17(5-2)9-10-22-21(20)11-12-29(3)26(22)23-13-24(23)27(29)25(33)16-32-15-19(14-30)28(31)18-7-8-18/h15,17-18,20-24,26-27,31-32H,4-13,16H2,1-3H3/b19-15-,31-28?. The van der Waals surface area contributed by atoms with Gasteiger partial charge in [0.1, 0.15) is 6.07 Å². The minimum absolute atomic E-state index is 0.172. The number of Topliss-reactive ketones (excluding diaryl/α,β-unsaturated/α-hetero) is 1. The zero-order valence-corrected chi connectivity index (χ0v) is 20.9. The Labute approximate surface area is 200 Å². The molecule has 5 saturated carbocycles. The van der Waals surface area contributed by atoms with Gasteiger partial charge in [0.15, 0.2) is 5.78 Å². The molecule has 5 fully saturated rings. The summed E-state index contributed by atoms with van der Waals surface area (Å²) in [6.45, 7) is 7.52. The predicted octanol–water partition coefficient (Wildman–Crippen LogP) is 6.13. The van der Waals surface area contributed by atoms with Gasteiger partial charge in [-0.1, -0.05) is 40.0 Å². The average molecular weight is 450 g/mol. The molecule has 0 heterocycles. The van der Waals surface area contributed by atoms with Crippen molar-refractivity contribution in [2.75, 3.05) is 6.54 Å². The highest BCUT2D eigenvalue weighted by molar-refractivity contribution is 6.04. The molecule has 9 unspecified atom stereocenters. The van der Waals surface area contributed by atoms with E-state index in [2.05, 4.69) is 32.2 Å². The highest BCUT2D eigenvalue weighted by atomic mass is 16.1. The number of allylic oxidation sites excluding steroid dienone is 1. The largest absolute Gasteiger partial charge is 0.383 e. The molecule has 33 heavy (non-hydrogen) atoms. The monoisotopic (exact) mass is 449 g/mol.